The van der Waals surface area contributed by atoms with E-state index in [0.717, 1.165) is 24.4 Å². The molecule has 102 valence electrons. The van der Waals surface area contributed by atoms with E-state index in [1.165, 1.54) is 16.7 Å². The second kappa shape index (κ2) is 6.07. The molecule has 2 nitrogen and oxygen atoms in total. The smallest absolute Gasteiger partial charge is 0.125 e. The maximum atomic E-state index is 5.76. The van der Waals surface area contributed by atoms with Crippen LogP contribution in [0.3, 0.4) is 0 Å². The number of hydrogen-bond acceptors (Lipinski definition) is 2. The quantitative estimate of drug-likeness (QED) is 0.875. The summed E-state index contributed by atoms with van der Waals surface area (Å²) in [7, 11) is 1.97. The maximum absolute atomic E-state index is 5.76. The Morgan fingerprint density at radius 3 is 2.32 bits per heavy atom. The third kappa shape index (κ3) is 2.90. The third-order valence-corrected chi connectivity index (χ3v) is 3.66. The molecule has 0 spiro atoms. The minimum absolute atomic E-state index is 0.130. The Balaban J connectivity index is 2.38. The molecule has 0 amide bonds. The predicted octanol–water partition coefficient (Wildman–Crippen LogP) is 4.02. The van der Waals surface area contributed by atoms with Gasteiger partial charge in [0.1, 0.15) is 11.5 Å². The lowest BCUT2D eigenvalue weighted by Crippen LogP contribution is -2.17. The van der Waals surface area contributed by atoms with Crippen molar-refractivity contribution >= 4 is 0 Å². The zero-order chi connectivity index (χ0) is 13.8. The van der Waals surface area contributed by atoms with Crippen molar-refractivity contribution in [2.75, 3.05) is 7.05 Å². The number of benzene rings is 1. The van der Waals surface area contributed by atoms with Crippen LogP contribution in [0.25, 0.3) is 0 Å². The van der Waals surface area contributed by atoms with Gasteiger partial charge >= 0.3 is 0 Å². The Morgan fingerprint density at radius 1 is 1.05 bits per heavy atom. The molecular weight excluding hydrogens is 234 g/mol. The summed E-state index contributed by atoms with van der Waals surface area (Å²) in [4.78, 5) is 0. The number of aryl methyl sites for hydroxylation is 3. The molecule has 0 bridgehead atoms. The van der Waals surface area contributed by atoms with Gasteiger partial charge in [-0.1, -0.05) is 32.0 Å². The molecule has 1 aromatic carbocycles. The number of furan rings is 1. The molecule has 0 aliphatic carbocycles. The first-order valence-electron chi connectivity index (χ1n) is 7.04. The predicted molar refractivity (Wildman–Crippen MR) is 79.5 cm³/mol. The van der Waals surface area contributed by atoms with Crippen molar-refractivity contribution in [2.45, 2.75) is 39.7 Å². The van der Waals surface area contributed by atoms with Gasteiger partial charge in [0.15, 0.2) is 0 Å². The van der Waals surface area contributed by atoms with Crippen LogP contribution in [0, 0.1) is 6.92 Å². The van der Waals surface area contributed by atoms with Gasteiger partial charge in [0.05, 0.1) is 6.04 Å². The molecule has 19 heavy (non-hydrogen) atoms. The molecule has 0 radical (unpaired) electrons. The maximum Gasteiger partial charge on any atom is 0.125 e. The van der Waals surface area contributed by atoms with Crippen LogP contribution in [0.2, 0.25) is 0 Å². The highest BCUT2D eigenvalue weighted by Crippen LogP contribution is 2.26. The van der Waals surface area contributed by atoms with Gasteiger partial charge in [-0.05, 0) is 55.6 Å². The first-order chi connectivity index (χ1) is 9.19. The Morgan fingerprint density at radius 2 is 1.79 bits per heavy atom. The number of rotatable bonds is 5. The van der Waals surface area contributed by atoms with Gasteiger partial charge in [-0.25, -0.2) is 0 Å². The lowest BCUT2D eigenvalue weighted by molar-refractivity contribution is 0.444. The fourth-order valence-corrected chi connectivity index (χ4v) is 2.58. The van der Waals surface area contributed by atoms with Crippen LogP contribution < -0.4 is 5.32 Å². The highest BCUT2D eigenvalue weighted by atomic mass is 16.3. The summed E-state index contributed by atoms with van der Waals surface area (Å²) < 4.78 is 5.76. The van der Waals surface area contributed by atoms with Crippen molar-refractivity contribution in [1.29, 1.82) is 0 Å². The zero-order valence-electron chi connectivity index (χ0n) is 12.3. The Hall–Kier alpha value is -1.54. The van der Waals surface area contributed by atoms with E-state index in [-0.39, 0.29) is 6.04 Å². The van der Waals surface area contributed by atoms with Gasteiger partial charge in [-0.3, -0.25) is 0 Å². The molecule has 2 aromatic rings. The average molecular weight is 257 g/mol. The van der Waals surface area contributed by atoms with Crippen LogP contribution in [0.1, 0.15) is 48.1 Å². The fourth-order valence-electron chi connectivity index (χ4n) is 2.58. The van der Waals surface area contributed by atoms with Crippen molar-refractivity contribution in [1.82, 2.24) is 5.32 Å². The summed E-state index contributed by atoms with van der Waals surface area (Å²) >= 11 is 0. The molecule has 1 atom stereocenters. The van der Waals surface area contributed by atoms with Gasteiger partial charge in [-0.15, -0.1) is 0 Å². The van der Waals surface area contributed by atoms with Gasteiger partial charge in [-0.2, -0.15) is 0 Å². The van der Waals surface area contributed by atoms with Crippen LogP contribution in [0.15, 0.2) is 34.7 Å². The molecular formula is C17H23NO. The topological polar surface area (TPSA) is 25.2 Å². The van der Waals surface area contributed by atoms with Crippen LogP contribution in [0.4, 0.5) is 0 Å². The van der Waals surface area contributed by atoms with Crippen molar-refractivity contribution in [2.24, 2.45) is 0 Å². The Bertz CT molecular complexity index is 542. The SMILES string of the molecule is CCc1ccc(C(NC)c2ccc(C)o2)cc1CC. The molecule has 0 saturated carbocycles. The summed E-state index contributed by atoms with van der Waals surface area (Å²) in [5.74, 6) is 1.93. The van der Waals surface area contributed by atoms with E-state index in [1.54, 1.807) is 0 Å². The van der Waals surface area contributed by atoms with Crippen molar-refractivity contribution in [3.05, 3.63) is 58.5 Å². The molecule has 1 unspecified atom stereocenters. The van der Waals surface area contributed by atoms with Gasteiger partial charge in [0, 0.05) is 0 Å². The van der Waals surface area contributed by atoms with Gasteiger partial charge in [0.2, 0.25) is 0 Å². The molecule has 0 fully saturated rings. The first kappa shape index (κ1) is 13.9. The standard InChI is InChI=1S/C17H23NO/c1-5-13-8-9-15(11-14(13)6-2)17(18-4)16-10-7-12(3)19-16/h7-11,17-18H,5-6H2,1-4H3. The van der Waals surface area contributed by atoms with Crippen molar-refractivity contribution < 1.29 is 4.42 Å². The fraction of sp³-hybridized carbons (Fsp3) is 0.412. The first-order valence-corrected chi connectivity index (χ1v) is 7.04. The molecule has 1 aromatic heterocycles. The minimum atomic E-state index is 0.130. The van der Waals surface area contributed by atoms with Crippen molar-refractivity contribution in [3.63, 3.8) is 0 Å². The summed E-state index contributed by atoms with van der Waals surface area (Å²) in [5, 5.41) is 3.34. The van der Waals surface area contributed by atoms with E-state index in [4.69, 9.17) is 4.42 Å². The summed E-state index contributed by atoms with van der Waals surface area (Å²) in [6, 6.07) is 10.9. The van der Waals surface area contributed by atoms with Crippen LogP contribution in [0.5, 0.6) is 0 Å². The van der Waals surface area contributed by atoms with E-state index < -0.39 is 0 Å². The van der Waals surface area contributed by atoms with E-state index >= 15 is 0 Å². The zero-order valence-corrected chi connectivity index (χ0v) is 12.3. The summed E-state index contributed by atoms with van der Waals surface area (Å²) in [6.45, 7) is 6.40. The highest BCUT2D eigenvalue weighted by Gasteiger charge is 2.16. The molecule has 2 rings (SSSR count). The van der Waals surface area contributed by atoms with Gasteiger partial charge in [0.25, 0.3) is 0 Å². The number of nitrogens with one attached hydrogen (secondary N) is 1. The minimum Gasteiger partial charge on any atom is -0.464 e. The molecule has 1 heterocycles. The Labute approximate surface area is 115 Å². The van der Waals surface area contributed by atoms with Crippen LogP contribution >= 0.6 is 0 Å². The molecule has 0 aliphatic heterocycles. The van der Waals surface area contributed by atoms with E-state index in [9.17, 15) is 0 Å². The van der Waals surface area contributed by atoms with Crippen LogP contribution in [-0.4, -0.2) is 7.05 Å². The number of hydrogen-bond donors (Lipinski definition) is 1. The van der Waals surface area contributed by atoms with E-state index in [2.05, 4.69) is 43.4 Å². The second-order valence-corrected chi connectivity index (χ2v) is 4.91. The van der Waals surface area contributed by atoms with Gasteiger partial charge < -0.3 is 9.73 Å². The van der Waals surface area contributed by atoms with Crippen molar-refractivity contribution in [3.8, 4) is 0 Å². The molecule has 0 aliphatic rings. The monoisotopic (exact) mass is 257 g/mol. The summed E-state index contributed by atoms with van der Waals surface area (Å²) in [5.41, 5.74) is 4.14. The summed E-state index contributed by atoms with van der Waals surface area (Å²) in [6.07, 6.45) is 2.16. The largest absolute Gasteiger partial charge is 0.464 e. The third-order valence-electron chi connectivity index (χ3n) is 3.66. The second-order valence-electron chi connectivity index (χ2n) is 4.91. The average Bonchev–Trinajstić information content (AvgIpc) is 2.86. The van der Waals surface area contributed by atoms with E-state index in [1.807, 2.05) is 20.0 Å². The lowest BCUT2D eigenvalue weighted by Gasteiger charge is -2.17. The lowest BCUT2D eigenvalue weighted by atomic mass is 9.96. The Kier molecular flexibility index (Phi) is 4.43. The molecule has 2 heteroatoms. The highest BCUT2D eigenvalue weighted by molar-refractivity contribution is 5.36. The normalized spacial score (nSPS) is 12.6. The van der Waals surface area contributed by atoms with Crippen LogP contribution in [-0.2, 0) is 12.8 Å². The van der Waals surface area contributed by atoms with E-state index in [0.29, 0.717) is 0 Å². The molecule has 0 saturated heterocycles. The molecule has 1 N–H and O–H groups in total.